The van der Waals surface area contributed by atoms with Crippen molar-refractivity contribution in [2.75, 3.05) is 13.9 Å². The highest BCUT2D eigenvalue weighted by atomic mass is 19.4. The molecule has 1 aromatic carbocycles. The highest BCUT2D eigenvalue weighted by molar-refractivity contribution is 6.63. The van der Waals surface area contributed by atoms with Gasteiger partial charge in [0.1, 0.15) is 0 Å². The van der Waals surface area contributed by atoms with Crippen molar-refractivity contribution in [1.29, 1.82) is 0 Å². The van der Waals surface area contributed by atoms with Gasteiger partial charge in [-0.2, -0.15) is 13.2 Å². The molecule has 1 aliphatic rings. The monoisotopic (exact) mass is 364 g/mol. The van der Waals surface area contributed by atoms with Crippen LogP contribution in [0, 0.1) is 12.7 Å². The zero-order chi connectivity index (χ0) is 19.2. The topological polar surface area (TPSA) is 36.9 Å². The number of rotatable bonds is 4. The number of alkyl halides is 3. The lowest BCUT2D eigenvalue weighted by atomic mass is 9.74. The fourth-order valence-electron chi connectivity index (χ4n) is 2.50. The summed E-state index contributed by atoms with van der Waals surface area (Å²) in [4.78, 5) is 0. The van der Waals surface area contributed by atoms with Crippen LogP contribution >= 0.6 is 0 Å². The molecule has 0 N–H and O–H groups in total. The molecule has 0 radical (unpaired) electrons. The van der Waals surface area contributed by atoms with E-state index in [1.165, 1.54) is 14.0 Å². The molecule has 0 amide bonds. The highest BCUT2D eigenvalue weighted by Crippen LogP contribution is 2.40. The first-order chi connectivity index (χ1) is 11.3. The standard InChI is InChI=1S/C16H21BF4O4/c1-9-7-10(16(19,20)21)12(18)13(23-8-22-6)11(9)17-24-14(2,3)15(4,5)25-17/h7H,8H2,1-6H3. The summed E-state index contributed by atoms with van der Waals surface area (Å²) in [5.41, 5.74) is -2.64. The quantitative estimate of drug-likeness (QED) is 0.466. The first kappa shape index (κ1) is 20.0. The van der Waals surface area contributed by atoms with Gasteiger partial charge in [0, 0.05) is 12.6 Å². The van der Waals surface area contributed by atoms with Crippen molar-refractivity contribution in [3.8, 4) is 5.75 Å². The molecule has 1 saturated heterocycles. The Balaban J connectivity index is 2.60. The highest BCUT2D eigenvalue weighted by Gasteiger charge is 2.53. The first-order valence-corrected chi connectivity index (χ1v) is 7.69. The SMILES string of the molecule is COCOc1c(F)c(C(F)(F)F)cc(C)c1B1OC(C)(C)C(C)(C)O1. The van der Waals surface area contributed by atoms with Crippen molar-refractivity contribution >= 4 is 12.6 Å². The summed E-state index contributed by atoms with van der Waals surface area (Å²) in [5.74, 6) is -2.09. The van der Waals surface area contributed by atoms with Gasteiger partial charge in [0.05, 0.1) is 16.8 Å². The molecule has 9 heteroatoms. The van der Waals surface area contributed by atoms with Crippen LogP contribution in [0.1, 0.15) is 38.8 Å². The van der Waals surface area contributed by atoms with E-state index in [0.717, 1.165) is 6.07 Å². The van der Waals surface area contributed by atoms with Gasteiger partial charge >= 0.3 is 13.3 Å². The maximum absolute atomic E-state index is 14.6. The van der Waals surface area contributed by atoms with E-state index < -0.39 is 48.4 Å². The van der Waals surface area contributed by atoms with Gasteiger partial charge < -0.3 is 18.8 Å². The molecule has 140 valence electrons. The smallest absolute Gasteiger partial charge is 0.465 e. The van der Waals surface area contributed by atoms with Gasteiger partial charge in [-0.05, 0) is 46.2 Å². The Morgan fingerprint density at radius 2 is 1.64 bits per heavy atom. The van der Waals surface area contributed by atoms with Crippen molar-refractivity contribution in [2.45, 2.75) is 52.0 Å². The Bertz CT molecular complexity index is 643. The molecule has 0 atom stereocenters. The Labute approximate surface area is 144 Å². The van der Waals surface area contributed by atoms with E-state index in [2.05, 4.69) is 0 Å². The first-order valence-electron chi connectivity index (χ1n) is 7.69. The maximum Gasteiger partial charge on any atom is 0.499 e. The normalized spacial score (nSPS) is 19.4. The molecule has 0 saturated carbocycles. The Morgan fingerprint density at radius 1 is 1.12 bits per heavy atom. The van der Waals surface area contributed by atoms with Gasteiger partial charge in [0.15, 0.2) is 18.4 Å². The second kappa shape index (κ2) is 6.44. The molecule has 1 aromatic rings. The van der Waals surface area contributed by atoms with Gasteiger partial charge in [-0.1, -0.05) is 0 Å². The Morgan fingerprint density at radius 3 is 2.08 bits per heavy atom. The molecular formula is C16H21BF4O4. The molecule has 0 aliphatic carbocycles. The molecule has 0 unspecified atom stereocenters. The molecule has 25 heavy (non-hydrogen) atoms. The van der Waals surface area contributed by atoms with Crippen LogP contribution in [0.15, 0.2) is 6.07 Å². The van der Waals surface area contributed by atoms with Crippen LogP contribution in [-0.4, -0.2) is 32.2 Å². The summed E-state index contributed by atoms with van der Waals surface area (Å²) in [5, 5.41) is 0. The third kappa shape index (κ3) is 3.63. The fourth-order valence-corrected chi connectivity index (χ4v) is 2.50. The number of hydrogen-bond acceptors (Lipinski definition) is 4. The molecule has 0 aromatic heterocycles. The van der Waals surface area contributed by atoms with Crippen LogP contribution in [0.3, 0.4) is 0 Å². The van der Waals surface area contributed by atoms with Crippen LogP contribution in [0.2, 0.25) is 0 Å². The summed E-state index contributed by atoms with van der Waals surface area (Å²) in [7, 11) is 0.223. The largest absolute Gasteiger partial charge is 0.499 e. The molecule has 1 heterocycles. The van der Waals surface area contributed by atoms with Crippen LogP contribution < -0.4 is 10.2 Å². The van der Waals surface area contributed by atoms with Crippen molar-refractivity contribution in [1.82, 2.24) is 0 Å². The lowest BCUT2D eigenvalue weighted by Gasteiger charge is -2.32. The zero-order valence-electron chi connectivity index (χ0n) is 15.0. The predicted octanol–water partition coefficient (Wildman–Crippen LogP) is 3.43. The minimum absolute atomic E-state index is 0.0844. The average molecular weight is 364 g/mol. The van der Waals surface area contributed by atoms with Crippen molar-refractivity contribution in [3.05, 3.63) is 23.0 Å². The minimum atomic E-state index is -4.85. The molecule has 0 bridgehead atoms. The molecule has 4 nitrogen and oxygen atoms in total. The lowest BCUT2D eigenvalue weighted by Crippen LogP contribution is -2.41. The van der Waals surface area contributed by atoms with E-state index in [9.17, 15) is 17.6 Å². The number of ether oxygens (including phenoxy) is 2. The minimum Gasteiger partial charge on any atom is -0.465 e. The average Bonchev–Trinajstić information content (AvgIpc) is 2.66. The number of halogens is 4. The van der Waals surface area contributed by atoms with E-state index in [-0.39, 0.29) is 11.0 Å². The van der Waals surface area contributed by atoms with E-state index in [1.807, 2.05) is 0 Å². The number of hydrogen-bond donors (Lipinski definition) is 0. The van der Waals surface area contributed by atoms with Gasteiger partial charge in [0.25, 0.3) is 0 Å². The van der Waals surface area contributed by atoms with E-state index in [0.29, 0.717) is 0 Å². The Hall–Kier alpha value is -1.32. The Kier molecular flexibility index (Phi) is 5.16. The number of benzene rings is 1. The van der Waals surface area contributed by atoms with Gasteiger partial charge in [-0.3, -0.25) is 0 Å². The van der Waals surface area contributed by atoms with E-state index in [4.69, 9.17) is 18.8 Å². The fraction of sp³-hybridized carbons (Fsp3) is 0.625. The molecule has 1 fully saturated rings. The summed E-state index contributed by atoms with van der Waals surface area (Å²) in [6.45, 7) is 8.17. The zero-order valence-corrected chi connectivity index (χ0v) is 15.0. The lowest BCUT2D eigenvalue weighted by molar-refractivity contribution is -0.140. The van der Waals surface area contributed by atoms with Gasteiger partial charge in [-0.25, -0.2) is 4.39 Å². The molecule has 0 spiro atoms. The van der Waals surface area contributed by atoms with E-state index >= 15 is 0 Å². The van der Waals surface area contributed by atoms with Crippen LogP contribution in [0.4, 0.5) is 17.6 Å². The van der Waals surface area contributed by atoms with Crippen molar-refractivity contribution in [3.63, 3.8) is 0 Å². The van der Waals surface area contributed by atoms with Crippen molar-refractivity contribution in [2.24, 2.45) is 0 Å². The van der Waals surface area contributed by atoms with Gasteiger partial charge in [0.2, 0.25) is 0 Å². The summed E-state index contributed by atoms with van der Waals surface area (Å²) < 4.78 is 75.4. The number of methoxy groups -OCH3 is 1. The van der Waals surface area contributed by atoms with Gasteiger partial charge in [-0.15, -0.1) is 0 Å². The third-order valence-electron chi connectivity index (χ3n) is 4.58. The van der Waals surface area contributed by atoms with Crippen LogP contribution in [-0.2, 0) is 20.2 Å². The molecule has 1 aliphatic heterocycles. The summed E-state index contributed by atoms with van der Waals surface area (Å²) in [6, 6.07) is 0.732. The summed E-state index contributed by atoms with van der Waals surface area (Å²) in [6.07, 6.45) is -4.85. The predicted molar refractivity (Wildman–Crippen MR) is 84.4 cm³/mol. The second-order valence-corrected chi connectivity index (χ2v) is 6.93. The molecular weight excluding hydrogens is 343 g/mol. The second-order valence-electron chi connectivity index (χ2n) is 6.93. The van der Waals surface area contributed by atoms with Crippen molar-refractivity contribution < 1.29 is 36.3 Å². The third-order valence-corrected chi connectivity index (χ3v) is 4.58. The summed E-state index contributed by atoms with van der Waals surface area (Å²) >= 11 is 0. The molecule has 2 rings (SSSR count). The van der Waals surface area contributed by atoms with E-state index in [1.54, 1.807) is 27.7 Å². The maximum atomic E-state index is 14.6. The van der Waals surface area contributed by atoms with Crippen LogP contribution in [0.5, 0.6) is 5.75 Å². The van der Waals surface area contributed by atoms with Crippen LogP contribution in [0.25, 0.3) is 0 Å². The number of aryl methyl sites for hydroxylation is 1.